The Labute approximate surface area is 134 Å². The Kier molecular flexibility index (Phi) is 4.30. The van der Waals surface area contributed by atoms with Crippen molar-refractivity contribution in [3.63, 3.8) is 0 Å². The van der Waals surface area contributed by atoms with Gasteiger partial charge in [-0.3, -0.25) is 4.79 Å². The minimum Gasteiger partial charge on any atom is -0.459 e. The average Bonchev–Trinajstić information content (AvgIpc) is 3.00. The van der Waals surface area contributed by atoms with Gasteiger partial charge >= 0.3 is 5.97 Å². The minimum atomic E-state index is -0.395. The summed E-state index contributed by atoms with van der Waals surface area (Å²) in [6.45, 7) is 8.77. The molecule has 0 radical (unpaired) electrons. The summed E-state index contributed by atoms with van der Waals surface area (Å²) in [5.74, 6) is 3.25. The van der Waals surface area contributed by atoms with Crippen LogP contribution in [0.5, 0.6) is 0 Å². The quantitative estimate of drug-likeness (QED) is 0.807. The third kappa shape index (κ3) is 2.81. The maximum absolute atomic E-state index is 12.7. The predicted octanol–water partition coefficient (Wildman–Crippen LogP) is 3.79. The van der Waals surface area contributed by atoms with Gasteiger partial charge in [-0.05, 0) is 82.0 Å². The van der Waals surface area contributed by atoms with E-state index in [0.29, 0.717) is 17.8 Å². The van der Waals surface area contributed by atoms with Crippen molar-refractivity contribution in [1.29, 1.82) is 0 Å². The topological polar surface area (TPSA) is 46.5 Å². The lowest BCUT2D eigenvalue weighted by atomic mass is 9.75. The Hall–Kier alpha value is -0.570. The molecule has 22 heavy (non-hydrogen) atoms. The number of carbonyl (C=O) groups excluding carboxylic acids is 1. The molecule has 5 unspecified atom stereocenters. The predicted molar refractivity (Wildman–Crippen MR) is 86.2 cm³/mol. The number of aliphatic hydroxyl groups excluding tert-OH is 1. The van der Waals surface area contributed by atoms with E-state index in [2.05, 4.69) is 27.7 Å². The van der Waals surface area contributed by atoms with Gasteiger partial charge in [-0.25, -0.2) is 0 Å². The van der Waals surface area contributed by atoms with Crippen molar-refractivity contribution >= 4 is 5.97 Å². The molecule has 3 aliphatic rings. The van der Waals surface area contributed by atoms with Crippen LogP contribution in [0.25, 0.3) is 0 Å². The van der Waals surface area contributed by atoms with Gasteiger partial charge in [0.1, 0.15) is 5.60 Å². The van der Waals surface area contributed by atoms with E-state index in [1.165, 1.54) is 6.42 Å². The molecule has 0 heterocycles. The van der Waals surface area contributed by atoms with Gasteiger partial charge in [0.15, 0.2) is 0 Å². The molecule has 3 fully saturated rings. The molecule has 3 aliphatic carbocycles. The summed E-state index contributed by atoms with van der Waals surface area (Å²) in [7, 11) is 0. The van der Waals surface area contributed by atoms with E-state index in [1.807, 2.05) is 0 Å². The van der Waals surface area contributed by atoms with Gasteiger partial charge in [-0.15, -0.1) is 0 Å². The van der Waals surface area contributed by atoms with Gasteiger partial charge in [0.2, 0.25) is 0 Å². The van der Waals surface area contributed by atoms with Gasteiger partial charge in [0.05, 0.1) is 12.0 Å². The van der Waals surface area contributed by atoms with Crippen molar-refractivity contribution in [2.24, 2.45) is 35.5 Å². The van der Waals surface area contributed by atoms with Crippen LogP contribution >= 0.6 is 0 Å². The fraction of sp³-hybridized carbons (Fsp3) is 0.947. The van der Waals surface area contributed by atoms with Crippen molar-refractivity contribution in [3.05, 3.63) is 0 Å². The summed E-state index contributed by atoms with van der Waals surface area (Å²) in [6.07, 6.45) is 5.71. The van der Waals surface area contributed by atoms with Crippen LogP contribution in [0, 0.1) is 35.5 Å². The summed E-state index contributed by atoms with van der Waals surface area (Å²) >= 11 is 0. The second-order valence-corrected chi connectivity index (χ2v) is 8.75. The molecule has 0 aliphatic heterocycles. The maximum atomic E-state index is 12.7. The molecule has 0 aromatic rings. The summed E-state index contributed by atoms with van der Waals surface area (Å²) < 4.78 is 6.01. The highest BCUT2D eigenvalue weighted by Gasteiger charge is 2.52. The molecule has 3 saturated carbocycles. The molecular formula is C19H32O3. The molecule has 0 aromatic heterocycles. The molecule has 0 spiro atoms. The maximum Gasteiger partial charge on any atom is 0.309 e. The zero-order valence-electron chi connectivity index (χ0n) is 14.5. The largest absolute Gasteiger partial charge is 0.459 e. The Bertz CT molecular complexity index is 420. The monoisotopic (exact) mass is 308 g/mol. The Balaban J connectivity index is 1.60. The summed E-state index contributed by atoms with van der Waals surface area (Å²) in [4.78, 5) is 12.7. The molecule has 0 aromatic carbocycles. The van der Waals surface area contributed by atoms with Crippen LogP contribution in [-0.2, 0) is 9.53 Å². The third-order valence-electron chi connectivity index (χ3n) is 7.24. The molecule has 0 amide bonds. The fourth-order valence-electron chi connectivity index (χ4n) is 5.40. The zero-order valence-corrected chi connectivity index (χ0v) is 14.5. The van der Waals surface area contributed by atoms with Crippen LogP contribution in [0.1, 0.15) is 66.2 Å². The number of hydrogen-bond acceptors (Lipinski definition) is 3. The SMILES string of the molecule is CC1C2CC(C(=O)OC(C)(C)C3CCC(O)CC3)C(C2)C1C. The number of rotatable bonds is 3. The molecule has 126 valence electrons. The second-order valence-electron chi connectivity index (χ2n) is 8.75. The molecule has 5 atom stereocenters. The third-order valence-corrected chi connectivity index (χ3v) is 7.24. The first kappa shape index (κ1) is 16.3. The molecule has 0 saturated heterocycles. The summed E-state index contributed by atoms with van der Waals surface area (Å²) in [6, 6.07) is 0. The second kappa shape index (κ2) is 5.81. The van der Waals surface area contributed by atoms with Gasteiger partial charge < -0.3 is 9.84 Å². The fourth-order valence-corrected chi connectivity index (χ4v) is 5.40. The normalized spacial score (nSPS) is 45.0. The molecule has 3 nitrogen and oxygen atoms in total. The van der Waals surface area contributed by atoms with E-state index in [0.717, 1.165) is 43.9 Å². The Morgan fingerprint density at radius 2 is 1.68 bits per heavy atom. The van der Waals surface area contributed by atoms with Gasteiger partial charge in [0.25, 0.3) is 0 Å². The van der Waals surface area contributed by atoms with E-state index in [9.17, 15) is 9.90 Å². The van der Waals surface area contributed by atoms with Crippen LogP contribution in [-0.4, -0.2) is 22.8 Å². The Morgan fingerprint density at radius 1 is 1.05 bits per heavy atom. The first-order valence-electron chi connectivity index (χ1n) is 9.20. The first-order valence-corrected chi connectivity index (χ1v) is 9.20. The number of esters is 1. The first-order chi connectivity index (χ1) is 10.3. The van der Waals surface area contributed by atoms with Crippen molar-refractivity contribution in [1.82, 2.24) is 0 Å². The average molecular weight is 308 g/mol. The highest BCUT2D eigenvalue weighted by Crippen LogP contribution is 2.55. The van der Waals surface area contributed by atoms with Crippen molar-refractivity contribution in [3.8, 4) is 0 Å². The van der Waals surface area contributed by atoms with Gasteiger partial charge in [-0.2, -0.15) is 0 Å². The molecule has 1 N–H and O–H groups in total. The number of ether oxygens (including phenoxy) is 1. The highest BCUT2D eigenvalue weighted by atomic mass is 16.6. The lowest BCUT2D eigenvalue weighted by Crippen LogP contribution is -2.42. The van der Waals surface area contributed by atoms with Crippen LogP contribution in [0.2, 0.25) is 0 Å². The van der Waals surface area contributed by atoms with Crippen LogP contribution in [0.15, 0.2) is 0 Å². The lowest BCUT2D eigenvalue weighted by Gasteiger charge is -2.39. The Morgan fingerprint density at radius 3 is 2.23 bits per heavy atom. The van der Waals surface area contributed by atoms with E-state index < -0.39 is 5.60 Å². The van der Waals surface area contributed by atoms with E-state index in [-0.39, 0.29) is 18.0 Å². The van der Waals surface area contributed by atoms with Crippen LogP contribution in [0.3, 0.4) is 0 Å². The minimum absolute atomic E-state index is 0.0439. The summed E-state index contributed by atoms with van der Waals surface area (Å²) in [5, 5.41) is 9.66. The molecule has 2 bridgehead atoms. The van der Waals surface area contributed by atoms with Gasteiger partial charge in [0, 0.05) is 0 Å². The number of hydrogen-bond donors (Lipinski definition) is 1. The number of aliphatic hydroxyl groups is 1. The smallest absolute Gasteiger partial charge is 0.309 e. The van der Waals surface area contributed by atoms with E-state index in [1.54, 1.807) is 0 Å². The van der Waals surface area contributed by atoms with Gasteiger partial charge in [-0.1, -0.05) is 13.8 Å². The standard InChI is InChI=1S/C19H32O3/c1-11-12(2)16-9-13(11)10-17(16)18(21)22-19(3,4)14-5-7-15(20)8-6-14/h11-17,20H,5-10H2,1-4H3. The number of fused-ring (bicyclic) bond motifs is 2. The van der Waals surface area contributed by atoms with Crippen molar-refractivity contribution in [2.45, 2.75) is 77.9 Å². The molecule has 3 heteroatoms. The van der Waals surface area contributed by atoms with Crippen LogP contribution < -0.4 is 0 Å². The van der Waals surface area contributed by atoms with E-state index >= 15 is 0 Å². The number of carbonyl (C=O) groups is 1. The molecular weight excluding hydrogens is 276 g/mol. The van der Waals surface area contributed by atoms with Crippen molar-refractivity contribution < 1.29 is 14.6 Å². The molecule has 3 rings (SSSR count). The highest BCUT2D eigenvalue weighted by molar-refractivity contribution is 5.74. The lowest BCUT2D eigenvalue weighted by molar-refractivity contribution is -0.171. The zero-order chi connectivity index (χ0) is 16.1. The van der Waals surface area contributed by atoms with Crippen LogP contribution in [0.4, 0.5) is 0 Å². The van der Waals surface area contributed by atoms with Crippen molar-refractivity contribution in [2.75, 3.05) is 0 Å². The van der Waals surface area contributed by atoms with E-state index in [4.69, 9.17) is 4.74 Å². The summed E-state index contributed by atoms with van der Waals surface area (Å²) in [5.41, 5.74) is -0.395.